The average molecular weight is 276 g/mol. The Morgan fingerprint density at radius 3 is 2.95 bits per heavy atom. The summed E-state index contributed by atoms with van der Waals surface area (Å²) in [5.74, 6) is 0.513. The minimum Gasteiger partial charge on any atom is -0.361 e. The molecule has 0 amide bonds. The Bertz CT molecular complexity index is 525. The van der Waals surface area contributed by atoms with Crippen LogP contribution in [0.25, 0.3) is 0 Å². The lowest BCUT2D eigenvalue weighted by atomic mass is 9.99. The summed E-state index contributed by atoms with van der Waals surface area (Å²) in [6.45, 7) is 6.39. The van der Waals surface area contributed by atoms with Gasteiger partial charge >= 0.3 is 0 Å². The smallest absolute Gasteiger partial charge is 0.293 e. The molecule has 20 heavy (non-hydrogen) atoms. The summed E-state index contributed by atoms with van der Waals surface area (Å²) >= 11 is 0. The molecule has 0 aliphatic carbocycles. The number of piperidine rings is 1. The molecule has 0 aromatic carbocycles. The van der Waals surface area contributed by atoms with Crippen molar-refractivity contribution >= 4 is 5.82 Å². The lowest BCUT2D eigenvalue weighted by Crippen LogP contribution is -2.42. The summed E-state index contributed by atoms with van der Waals surface area (Å²) in [4.78, 5) is 19.2. The maximum Gasteiger partial charge on any atom is 0.293 e. The van der Waals surface area contributed by atoms with Crippen molar-refractivity contribution in [2.45, 2.75) is 57.7 Å². The zero-order valence-corrected chi connectivity index (χ0v) is 12.4. The Hall–Kier alpha value is -1.36. The molecule has 0 radical (unpaired) electrons. The van der Waals surface area contributed by atoms with Crippen LogP contribution in [0.15, 0.2) is 17.2 Å². The number of aromatic nitrogens is 2. The van der Waals surface area contributed by atoms with Gasteiger partial charge in [-0.3, -0.25) is 9.69 Å². The monoisotopic (exact) mass is 276 g/mol. The van der Waals surface area contributed by atoms with E-state index in [-0.39, 0.29) is 11.6 Å². The molecule has 2 fully saturated rings. The highest BCUT2D eigenvalue weighted by Gasteiger charge is 2.35. The van der Waals surface area contributed by atoms with Crippen molar-refractivity contribution < 1.29 is 0 Å². The van der Waals surface area contributed by atoms with E-state index in [1.165, 1.54) is 25.8 Å². The first kappa shape index (κ1) is 13.6. The summed E-state index contributed by atoms with van der Waals surface area (Å²) in [7, 11) is 0. The standard InChI is InChI=1S/C15H24N4O/c1-11(2)19-10-7-16-14(15(19)20)17-12-6-9-18-8-4-3-5-13(12)18/h7,10-13H,3-6,8-9H2,1-2H3,(H,16,17). The van der Waals surface area contributed by atoms with Crippen molar-refractivity contribution in [2.75, 3.05) is 18.4 Å². The molecule has 2 aliphatic heterocycles. The van der Waals surface area contributed by atoms with E-state index >= 15 is 0 Å². The maximum absolute atomic E-state index is 12.4. The molecule has 110 valence electrons. The third kappa shape index (κ3) is 2.46. The molecule has 2 atom stereocenters. The molecule has 2 unspecified atom stereocenters. The van der Waals surface area contributed by atoms with Crippen LogP contribution in [0, 0.1) is 0 Å². The number of hydrogen-bond acceptors (Lipinski definition) is 4. The van der Waals surface area contributed by atoms with Crippen molar-refractivity contribution in [1.29, 1.82) is 0 Å². The van der Waals surface area contributed by atoms with E-state index in [9.17, 15) is 4.79 Å². The highest BCUT2D eigenvalue weighted by molar-refractivity contribution is 5.33. The van der Waals surface area contributed by atoms with Gasteiger partial charge < -0.3 is 9.88 Å². The lowest BCUT2D eigenvalue weighted by Gasteiger charge is -2.32. The Kier molecular flexibility index (Phi) is 3.78. The van der Waals surface area contributed by atoms with E-state index in [0.717, 1.165) is 13.0 Å². The van der Waals surface area contributed by atoms with E-state index in [1.54, 1.807) is 17.0 Å². The van der Waals surface area contributed by atoms with Crippen LogP contribution in [-0.2, 0) is 0 Å². The minimum absolute atomic E-state index is 0.00300. The van der Waals surface area contributed by atoms with E-state index in [4.69, 9.17) is 0 Å². The van der Waals surface area contributed by atoms with Crippen molar-refractivity contribution in [3.8, 4) is 0 Å². The molecule has 0 spiro atoms. The first-order valence-electron chi connectivity index (χ1n) is 7.74. The first-order valence-corrected chi connectivity index (χ1v) is 7.74. The fourth-order valence-corrected chi connectivity index (χ4v) is 3.52. The molecule has 5 heteroatoms. The molecule has 5 nitrogen and oxygen atoms in total. The molecule has 3 rings (SSSR count). The molecule has 0 saturated carbocycles. The van der Waals surface area contributed by atoms with E-state index in [1.807, 2.05) is 13.8 Å². The van der Waals surface area contributed by atoms with Gasteiger partial charge in [-0.05, 0) is 39.7 Å². The van der Waals surface area contributed by atoms with Crippen LogP contribution < -0.4 is 10.9 Å². The van der Waals surface area contributed by atoms with Crippen molar-refractivity contribution in [3.63, 3.8) is 0 Å². The van der Waals surface area contributed by atoms with Crippen molar-refractivity contribution in [1.82, 2.24) is 14.5 Å². The van der Waals surface area contributed by atoms with Gasteiger partial charge in [0.15, 0.2) is 5.82 Å². The Morgan fingerprint density at radius 2 is 2.15 bits per heavy atom. The second kappa shape index (κ2) is 5.56. The molecule has 0 bridgehead atoms. The number of nitrogens with zero attached hydrogens (tertiary/aromatic N) is 3. The fourth-order valence-electron chi connectivity index (χ4n) is 3.52. The number of fused-ring (bicyclic) bond motifs is 1. The zero-order chi connectivity index (χ0) is 14.1. The highest BCUT2D eigenvalue weighted by Crippen LogP contribution is 2.28. The molecule has 1 aromatic heterocycles. The van der Waals surface area contributed by atoms with Gasteiger partial charge in [-0.25, -0.2) is 4.98 Å². The summed E-state index contributed by atoms with van der Waals surface area (Å²) < 4.78 is 1.74. The SMILES string of the molecule is CC(C)n1ccnc(NC2CCN3CCCCC23)c1=O. The van der Waals surface area contributed by atoms with Crippen LogP contribution in [-0.4, -0.2) is 39.6 Å². The topological polar surface area (TPSA) is 50.2 Å². The largest absolute Gasteiger partial charge is 0.361 e. The van der Waals surface area contributed by atoms with Gasteiger partial charge in [0.25, 0.3) is 5.56 Å². The van der Waals surface area contributed by atoms with Crippen molar-refractivity contribution in [3.05, 3.63) is 22.7 Å². The molecule has 1 N–H and O–H groups in total. The summed E-state index contributed by atoms with van der Waals surface area (Å²) in [5, 5.41) is 3.42. The van der Waals surface area contributed by atoms with Gasteiger partial charge in [0.2, 0.25) is 0 Å². The van der Waals surface area contributed by atoms with Crippen LogP contribution in [0.2, 0.25) is 0 Å². The molecule has 3 heterocycles. The quantitative estimate of drug-likeness (QED) is 0.915. The Morgan fingerprint density at radius 1 is 1.30 bits per heavy atom. The van der Waals surface area contributed by atoms with Crippen LogP contribution >= 0.6 is 0 Å². The van der Waals surface area contributed by atoms with Gasteiger partial charge in [0, 0.05) is 37.1 Å². The van der Waals surface area contributed by atoms with E-state index in [0.29, 0.717) is 17.9 Å². The predicted molar refractivity (Wildman–Crippen MR) is 80.1 cm³/mol. The fraction of sp³-hybridized carbons (Fsp3) is 0.733. The Labute approximate surface area is 120 Å². The lowest BCUT2D eigenvalue weighted by molar-refractivity contribution is 0.192. The van der Waals surface area contributed by atoms with Gasteiger partial charge in [-0.2, -0.15) is 0 Å². The third-order valence-corrected chi connectivity index (χ3v) is 4.60. The maximum atomic E-state index is 12.4. The van der Waals surface area contributed by atoms with Crippen LogP contribution in [0.1, 0.15) is 45.6 Å². The molecular formula is C15H24N4O. The Balaban J connectivity index is 1.78. The van der Waals surface area contributed by atoms with E-state index in [2.05, 4.69) is 15.2 Å². The average Bonchev–Trinajstić information content (AvgIpc) is 2.84. The predicted octanol–water partition coefficient (Wildman–Crippen LogP) is 1.86. The van der Waals surface area contributed by atoms with Crippen molar-refractivity contribution in [2.24, 2.45) is 0 Å². The molecule has 1 aromatic rings. The number of rotatable bonds is 3. The number of anilines is 1. The van der Waals surface area contributed by atoms with Crippen LogP contribution in [0.4, 0.5) is 5.82 Å². The second-order valence-corrected chi connectivity index (χ2v) is 6.22. The minimum atomic E-state index is -0.00300. The van der Waals surface area contributed by atoms with Crippen LogP contribution in [0.5, 0.6) is 0 Å². The molecule has 2 aliphatic rings. The molecular weight excluding hydrogens is 252 g/mol. The first-order chi connectivity index (χ1) is 9.66. The number of nitrogens with one attached hydrogen (secondary N) is 1. The molecule has 2 saturated heterocycles. The third-order valence-electron chi connectivity index (χ3n) is 4.60. The summed E-state index contributed by atoms with van der Waals surface area (Å²) in [5.41, 5.74) is -0.00300. The van der Waals surface area contributed by atoms with E-state index < -0.39 is 0 Å². The zero-order valence-electron chi connectivity index (χ0n) is 12.4. The summed E-state index contributed by atoms with van der Waals surface area (Å²) in [6.07, 6.45) is 8.45. The van der Waals surface area contributed by atoms with Gasteiger partial charge in [-0.1, -0.05) is 6.42 Å². The summed E-state index contributed by atoms with van der Waals surface area (Å²) in [6, 6.07) is 1.12. The van der Waals surface area contributed by atoms with Gasteiger partial charge in [-0.15, -0.1) is 0 Å². The van der Waals surface area contributed by atoms with Crippen LogP contribution in [0.3, 0.4) is 0 Å². The highest BCUT2D eigenvalue weighted by atomic mass is 16.1. The number of hydrogen-bond donors (Lipinski definition) is 1. The normalized spacial score (nSPS) is 26.8. The van der Waals surface area contributed by atoms with Gasteiger partial charge in [0.1, 0.15) is 0 Å². The second-order valence-electron chi connectivity index (χ2n) is 6.22. The van der Waals surface area contributed by atoms with Gasteiger partial charge in [0.05, 0.1) is 0 Å².